The predicted octanol–water partition coefficient (Wildman–Crippen LogP) is 2.37. The topological polar surface area (TPSA) is 54.4 Å². The van der Waals surface area contributed by atoms with Crippen molar-refractivity contribution < 1.29 is 20.2 Å². The van der Waals surface area contributed by atoms with Gasteiger partial charge in [0.15, 0.2) is 0 Å². The zero-order chi connectivity index (χ0) is 10.3. The Labute approximate surface area is 129 Å². The molecule has 84 valence electrons. The number of halogens is 1. The van der Waals surface area contributed by atoms with E-state index in [1.165, 1.54) is 0 Å². The van der Waals surface area contributed by atoms with Crippen LogP contribution in [-0.4, -0.2) is 67.4 Å². The van der Waals surface area contributed by atoms with E-state index in [0.717, 1.165) is 25.7 Å². The minimum Gasteiger partial charge on any atom is -1.00 e. The summed E-state index contributed by atoms with van der Waals surface area (Å²) in [6.07, 6.45) is 4.42. The molecule has 0 aromatic heterocycles. The number of hydrogen-bond acceptors (Lipinski definition) is 2. The fourth-order valence-electron chi connectivity index (χ4n) is 1.06. The molecule has 3 nitrogen and oxygen atoms in total. The van der Waals surface area contributed by atoms with Crippen LogP contribution in [0, 0.1) is 0 Å². The summed E-state index contributed by atoms with van der Waals surface area (Å²) in [6, 6.07) is 0. The van der Waals surface area contributed by atoms with Crippen LogP contribution in [0.4, 0.5) is 4.39 Å². The van der Waals surface area contributed by atoms with Gasteiger partial charge in [0.05, 0.1) is 0 Å². The molecule has 0 radical (unpaired) electrons. The van der Waals surface area contributed by atoms with Gasteiger partial charge in [-0.3, -0.25) is 4.55 Å². The van der Waals surface area contributed by atoms with E-state index in [-0.39, 0.29) is 58.2 Å². The minimum atomic E-state index is -4.46. The first-order chi connectivity index (χ1) is 5.98. The third-order valence-corrected chi connectivity index (χ3v) is 2.74. The number of hydrogen-bond donors (Lipinski definition) is 1. The maximum absolute atomic E-state index is 12.6. The summed E-state index contributed by atoms with van der Waals surface area (Å²) in [7, 11) is -4.46. The van der Waals surface area contributed by atoms with Crippen molar-refractivity contribution in [3.05, 3.63) is 0 Å². The van der Waals surface area contributed by atoms with Crippen LogP contribution in [0.15, 0.2) is 0 Å². The predicted molar refractivity (Wildman–Crippen MR) is 57.8 cm³/mol. The van der Waals surface area contributed by atoms with Gasteiger partial charge >= 0.3 is 48.9 Å². The Kier molecular flexibility index (Phi) is 12.2. The third kappa shape index (κ3) is 9.95. The van der Waals surface area contributed by atoms with Gasteiger partial charge in [-0.15, -0.1) is 0 Å². The van der Waals surface area contributed by atoms with Crippen LogP contribution in [0.25, 0.3) is 0 Å². The average molecular weight is 352 g/mol. The van der Waals surface area contributed by atoms with E-state index in [4.69, 9.17) is 4.55 Å². The van der Waals surface area contributed by atoms with Crippen LogP contribution >= 0.6 is 0 Å². The zero-order valence-electron chi connectivity index (χ0n) is 10.6. The molecule has 1 N–H and O–H groups in total. The molecule has 0 rings (SSSR count). The number of unbranched alkanes of at least 4 members (excludes halogenated alkanes) is 4. The van der Waals surface area contributed by atoms with E-state index in [0.29, 0.717) is 6.42 Å². The molecule has 0 aliphatic rings. The van der Waals surface area contributed by atoms with Gasteiger partial charge < -0.3 is 2.85 Å². The summed E-state index contributed by atoms with van der Waals surface area (Å²) in [6.45, 7) is 2.07. The average Bonchev–Trinajstić information content (AvgIpc) is 2.02. The molecule has 0 amide bonds. The molecule has 0 aromatic rings. The van der Waals surface area contributed by atoms with Crippen LogP contribution in [0.5, 0.6) is 0 Å². The fourth-order valence-corrected chi connectivity index (χ4v) is 1.52. The molecule has 0 aliphatic carbocycles. The van der Waals surface area contributed by atoms with Crippen molar-refractivity contribution in [2.24, 2.45) is 0 Å². The summed E-state index contributed by atoms with van der Waals surface area (Å²) < 4.78 is 41.3. The summed E-state index contributed by atoms with van der Waals surface area (Å²) >= 11 is 0. The largest absolute Gasteiger partial charge is 2.00 e. The first-order valence-corrected chi connectivity index (χ1v) is 6.09. The van der Waals surface area contributed by atoms with E-state index in [1.807, 2.05) is 0 Å². The van der Waals surface area contributed by atoms with E-state index < -0.39 is 15.6 Å². The van der Waals surface area contributed by atoms with Gasteiger partial charge in [-0.05, 0) is 12.8 Å². The molecule has 1 atom stereocenters. The van der Waals surface area contributed by atoms with Crippen LogP contribution in [0.2, 0.25) is 0 Å². The standard InChI is InChI=1S/C8H17FO3S.Ba.2H/c1-2-3-4-5-6-7-8(9)13(10,11)12;;;/h8H,2-7H2,1H3,(H,10,11,12);;;/q;+2;2*-1. The van der Waals surface area contributed by atoms with Crippen molar-refractivity contribution in [2.45, 2.75) is 51.0 Å². The van der Waals surface area contributed by atoms with Gasteiger partial charge in [0.1, 0.15) is 0 Å². The normalized spacial score (nSPS) is 13.4. The summed E-state index contributed by atoms with van der Waals surface area (Å²) in [5.41, 5.74) is -2.10. The smallest absolute Gasteiger partial charge is 1.00 e. The molecular weight excluding hydrogens is 332 g/mol. The Balaban J connectivity index is -0.000000240. The number of rotatable bonds is 7. The molecule has 0 saturated carbocycles. The third-order valence-electron chi connectivity index (χ3n) is 1.86. The van der Waals surface area contributed by atoms with Gasteiger partial charge in [-0.1, -0.05) is 32.6 Å². The molecule has 0 fully saturated rings. The molecule has 0 aliphatic heterocycles. The van der Waals surface area contributed by atoms with Crippen molar-refractivity contribution >= 4 is 59.0 Å². The van der Waals surface area contributed by atoms with Crippen molar-refractivity contribution in [1.29, 1.82) is 0 Å². The molecule has 0 heterocycles. The van der Waals surface area contributed by atoms with Crippen LogP contribution in [0.1, 0.15) is 48.3 Å². The Hall–Kier alpha value is 1.41. The monoisotopic (exact) mass is 352 g/mol. The van der Waals surface area contributed by atoms with Crippen molar-refractivity contribution in [2.75, 3.05) is 0 Å². The molecule has 6 heteroatoms. The van der Waals surface area contributed by atoms with Crippen LogP contribution in [-0.2, 0) is 10.1 Å². The molecule has 0 bridgehead atoms. The van der Waals surface area contributed by atoms with Gasteiger partial charge in [-0.25, -0.2) is 4.39 Å². The molecular formula is C8H19BaFO3S. The van der Waals surface area contributed by atoms with Crippen LogP contribution in [0.3, 0.4) is 0 Å². The van der Waals surface area contributed by atoms with Crippen molar-refractivity contribution in [1.82, 2.24) is 0 Å². The Bertz CT molecular complexity index is 227. The molecule has 0 spiro atoms. The van der Waals surface area contributed by atoms with E-state index in [1.54, 1.807) is 0 Å². The maximum Gasteiger partial charge on any atom is 2.00 e. The van der Waals surface area contributed by atoms with Gasteiger partial charge in [0.2, 0.25) is 5.50 Å². The number of alkyl halides is 1. The molecule has 1 unspecified atom stereocenters. The second-order valence-corrected chi connectivity index (χ2v) is 4.67. The Morgan fingerprint density at radius 1 is 1.29 bits per heavy atom. The second kappa shape index (κ2) is 9.62. The maximum atomic E-state index is 12.6. The van der Waals surface area contributed by atoms with Gasteiger partial charge in [0, 0.05) is 0 Å². The summed E-state index contributed by atoms with van der Waals surface area (Å²) in [5.74, 6) is 0. The SMILES string of the molecule is CCCCCCCC(F)S(=O)(=O)O.[Ba+2].[H-].[H-]. The molecule has 14 heavy (non-hydrogen) atoms. The van der Waals surface area contributed by atoms with E-state index in [2.05, 4.69) is 6.92 Å². The van der Waals surface area contributed by atoms with Crippen molar-refractivity contribution in [3.8, 4) is 0 Å². The van der Waals surface area contributed by atoms with Crippen molar-refractivity contribution in [3.63, 3.8) is 0 Å². The van der Waals surface area contributed by atoms with Gasteiger partial charge in [-0.2, -0.15) is 8.42 Å². The van der Waals surface area contributed by atoms with Gasteiger partial charge in [0.25, 0.3) is 10.1 Å². The summed E-state index contributed by atoms with van der Waals surface area (Å²) in [4.78, 5) is 0. The molecule has 0 aromatic carbocycles. The molecule has 0 saturated heterocycles. The van der Waals surface area contributed by atoms with Crippen LogP contribution < -0.4 is 0 Å². The first kappa shape index (κ1) is 17.8. The second-order valence-electron chi connectivity index (χ2n) is 3.13. The quantitative estimate of drug-likeness (QED) is 0.435. The Morgan fingerprint density at radius 2 is 1.79 bits per heavy atom. The van der Waals surface area contributed by atoms with E-state index >= 15 is 0 Å². The fraction of sp³-hybridized carbons (Fsp3) is 1.00. The Morgan fingerprint density at radius 3 is 2.21 bits per heavy atom. The summed E-state index contributed by atoms with van der Waals surface area (Å²) in [5, 5.41) is 0. The first-order valence-electron chi connectivity index (χ1n) is 4.59. The zero-order valence-corrected chi connectivity index (χ0v) is 13.8. The van der Waals surface area contributed by atoms with E-state index in [9.17, 15) is 12.8 Å². The minimum absolute atomic E-state index is 0.